The molecule has 122 valence electrons. The second-order valence-corrected chi connectivity index (χ2v) is 7.36. The molecule has 1 aromatic rings. The van der Waals surface area contributed by atoms with E-state index >= 15 is 0 Å². The molecular formula is C14H21N2O5P. The van der Waals surface area contributed by atoms with Gasteiger partial charge in [0.2, 0.25) is 13.3 Å². The van der Waals surface area contributed by atoms with Gasteiger partial charge in [0.05, 0.1) is 20.1 Å². The van der Waals surface area contributed by atoms with Gasteiger partial charge in [-0.25, -0.2) is 0 Å². The maximum Gasteiger partial charge on any atom is 0.306 e. The standard InChI is InChI=1S/C14H21N2O5P/c1-21-14(18)7-8-22(19,20)13(16-12(17)10-15)9-11-5-3-2-4-6-11/h2-6,13H,7-10,15H2,1H3,(H,16,17)(H,19,20). The number of esters is 1. The van der Waals surface area contributed by atoms with Crippen LogP contribution in [0, 0.1) is 0 Å². The molecule has 0 aliphatic heterocycles. The van der Waals surface area contributed by atoms with Gasteiger partial charge < -0.3 is 20.7 Å². The Balaban J connectivity index is 2.85. The Morgan fingerprint density at radius 2 is 2.00 bits per heavy atom. The summed E-state index contributed by atoms with van der Waals surface area (Å²) in [6.45, 7) is -0.276. The Morgan fingerprint density at radius 3 is 2.55 bits per heavy atom. The van der Waals surface area contributed by atoms with Crippen LogP contribution in [-0.2, 0) is 25.3 Å². The topological polar surface area (TPSA) is 119 Å². The number of hydrogen-bond donors (Lipinski definition) is 3. The Bertz CT molecular complexity index is 549. The number of nitrogens with two attached hydrogens (primary N) is 1. The van der Waals surface area contributed by atoms with E-state index in [1.807, 2.05) is 6.07 Å². The van der Waals surface area contributed by atoms with Gasteiger partial charge >= 0.3 is 5.97 Å². The van der Waals surface area contributed by atoms with Crippen LogP contribution in [-0.4, -0.2) is 42.4 Å². The fourth-order valence-corrected chi connectivity index (χ4v) is 3.54. The molecule has 0 heterocycles. The van der Waals surface area contributed by atoms with Gasteiger partial charge in [-0.3, -0.25) is 14.2 Å². The molecule has 1 aromatic carbocycles. The van der Waals surface area contributed by atoms with Crippen molar-refractivity contribution in [2.45, 2.75) is 18.6 Å². The van der Waals surface area contributed by atoms with Gasteiger partial charge in [0, 0.05) is 12.6 Å². The van der Waals surface area contributed by atoms with Gasteiger partial charge in [0.1, 0.15) is 5.78 Å². The van der Waals surface area contributed by atoms with Crippen LogP contribution in [0.25, 0.3) is 0 Å². The molecule has 1 rings (SSSR count). The number of rotatable bonds is 8. The monoisotopic (exact) mass is 328 g/mol. The Kier molecular flexibility index (Phi) is 7.24. The van der Waals surface area contributed by atoms with Crippen LogP contribution in [0.15, 0.2) is 30.3 Å². The minimum absolute atomic E-state index is 0.182. The van der Waals surface area contributed by atoms with Crippen molar-refractivity contribution in [1.82, 2.24) is 5.32 Å². The molecule has 0 aliphatic rings. The number of methoxy groups -OCH3 is 1. The van der Waals surface area contributed by atoms with Crippen molar-refractivity contribution in [3.63, 3.8) is 0 Å². The summed E-state index contributed by atoms with van der Waals surface area (Å²) in [5.74, 6) is -2.08. The van der Waals surface area contributed by atoms with Crippen molar-refractivity contribution in [3.8, 4) is 0 Å². The van der Waals surface area contributed by atoms with Crippen molar-refractivity contribution < 1.29 is 23.8 Å². The van der Waals surface area contributed by atoms with Crippen LogP contribution >= 0.6 is 7.37 Å². The van der Waals surface area contributed by atoms with Crippen molar-refractivity contribution in [3.05, 3.63) is 35.9 Å². The summed E-state index contributed by atoms with van der Waals surface area (Å²) in [5, 5.41) is 2.47. The average molecular weight is 328 g/mol. The average Bonchev–Trinajstić information content (AvgIpc) is 2.52. The molecule has 0 aliphatic carbocycles. The number of amides is 1. The first-order valence-electron chi connectivity index (χ1n) is 6.80. The number of ether oxygens (including phenoxy) is 1. The predicted molar refractivity (Wildman–Crippen MR) is 82.5 cm³/mol. The highest BCUT2D eigenvalue weighted by molar-refractivity contribution is 7.58. The van der Waals surface area contributed by atoms with Gasteiger partial charge in [0.25, 0.3) is 0 Å². The lowest BCUT2D eigenvalue weighted by molar-refractivity contribution is -0.140. The summed E-state index contributed by atoms with van der Waals surface area (Å²) in [4.78, 5) is 32.9. The summed E-state index contributed by atoms with van der Waals surface area (Å²) in [6, 6.07) is 9.01. The zero-order chi connectivity index (χ0) is 16.6. The zero-order valence-corrected chi connectivity index (χ0v) is 13.3. The van der Waals surface area contributed by atoms with Gasteiger partial charge in [0.15, 0.2) is 0 Å². The van der Waals surface area contributed by atoms with E-state index in [2.05, 4.69) is 10.1 Å². The van der Waals surface area contributed by atoms with E-state index in [-0.39, 0.29) is 25.5 Å². The molecule has 0 fully saturated rings. The molecule has 2 unspecified atom stereocenters. The van der Waals surface area contributed by atoms with Crippen LogP contribution < -0.4 is 11.1 Å². The zero-order valence-electron chi connectivity index (χ0n) is 12.4. The second kappa shape index (κ2) is 8.68. The van der Waals surface area contributed by atoms with Crippen LogP contribution in [0.4, 0.5) is 0 Å². The van der Waals surface area contributed by atoms with E-state index in [1.165, 1.54) is 7.11 Å². The first-order chi connectivity index (χ1) is 10.4. The highest BCUT2D eigenvalue weighted by Gasteiger charge is 2.32. The molecular weight excluding hydrogens is 307 g/mol. The van der Waals surface area contributed by atoms with Crippen molar-refractivity contribution in [2.75, 3.05) is 19.8 Å². The summed E-state index contributed by atoms with van der Waals surface area (Å²) in [5.41, 5.74) is 6.05. The van der Waals surface area contributed by atoms with E-state index < -0.39 is 25.0 Å². The fourth-order valence-electron chi connectivity index (χ4n) is 1.89. The lowest BCUT2D eigenvalue weighted by Gasteiger charge is -2.24. The molecule has 22 heavy (non-hydrogen) atoms. The summed E-state index contributed by atoms with van der Waals surface area (Å²) >= 11 is 0. The molecule has 4 N–H and O–H groups in total. The molecule has 0 bridgehead atoms. The van der Waals surface area contributed by atoms with E-state index in [1.54, 1.807) is 24.3 Å². The molecule has 0 saturated carbocycles. The third-order valence-corrected chi connectivity index (χ3v) is 5.29. The van der Waals surface area contributed by atoms with E-state index in [9.17, 15) is 19.0 Å². The second-order valence-electron chi connectivity index (χ2n) is 4.78. The van der Waals surface area contributed by atoms with Gasteiger partial charge in [-0.05, 0) is 5.56 Å². The number of carbonyl (C=O) groups excluding carboxylic acids is 2. The molecule has 0 radical (unpaired) electrons. The predicted octanol–water partition coefficient (Wildman–Crippen LogP) is 0.464. The SMILES string of the molecule is COC(=O)CCP(=O)(O)C(Cc1ccccc1)NC(=O)CN. The Morgan fingerprint density at radius 1 is 1.36 bits per heavy atom. The van der Waals surface area contributed by atoms with E-state index in [0.29, 0.717) is 0 Å². The van der Waals surface area contributed by atoms with Crippen molar-refractivity contribution in [2.24, 2.45) is 5.73 Å². The van der Waals surface area contributed by atoms with E-state index in [0.717, 1.165) is 5.56 Å². The van der Waals surface area contributed by atoms with Gasteiger partial charge in [-0.15, -0.1) is 0 Å². The number of hydrogen-bond acceptors (Lipinski definition) is 5. The highest BCUT2D eigenvalue weighted by atomic mass is 31.2. The molecule has 2 atom stereocenters. The maximum atomic E-state index is 12.5. The Hall–Kier alpha value is -1.69. The van der Waals surface area contributed by atoms with E-state index in [4.69, 9.17) is 5.73 Å². The molecule has 1 amide bonds. The number of benzene rings is 1. The largest absolute Gasteiger partial charge is 0.469 e. The highest BCUT2D eigenvalue weighted by Crippen LogP contribution is 2.46. The van der Waals surface area contributed by atoms with Crippen LogP contribution in [0.1, 0.15) is 12.0 Å². The molecule has 8 heteroatoms. The smallest absolute Gasteiger partial charge is 0.306 e. The third-order valence-electron chi connectivity index (χ3n) is 3.14. The normalized spacial score (nSPS) is 14.7. The van der Waals surface area contributed by atoms with Crippen molar-refractivity contribution in [1.29, 1.82) is 0 Å². The Labute approximate surface area is 129 Å². The van der Waals surface area contributed by atoms with Crippen LogP contribution in [0.2, 0.25) is 0 Å². The summed E-state index contributed by atoms with van der Waals surface area (Å²) in [7, 11) is -2.58. The number of nitrogens with one attached hydrogen (secondary N) is 1. The van der Waals surface area contributed by atoms with Crippen LogP contribution in [0.5, 0.6) is 0 Å². The fraction of sp³-hybridized carbons (Fsp3) is 0.429. The van der Waals surface area contributed by atoms with Crippen molar-refractivity contribution >= 4 is 19.2 Å². The first kappa shape index (κ1) is 18.4. The van der Waals surface area contributed by atoms with Gasteiger partial charge in [-0.2, -0.15) is 0 Å². The lowest BCUT2D eigenvalue weighted by atomic mass is 10.1. The number of carbonyl (C=O) groups is 2. The minimum atomic E-state index is -3.79. The summed E-state index contributed by atoms with van der Waals surface area (Å²) < 4.78 is 16.9. The lowest BCUT2D eigenvalue weighted by Crippen LogP contribution is -2.40. The molecule has 0 aromatic heterocycles. The van der Waals surface area contributed by atoms with Gasteiger partial charge in [-0.1, -0.05) is 30.3 Å². The van der Waals surface area contributed by atoms with Crippen LogP contribution in [0.3, 0.4) is 0 Å². The minimum Gasteiger partial charge on any atom is -0.469 e. The third kappa shape index (κ3) is 5.97. The molecule has 0 spiro atoms. The quantitative estimate of drug-likeness (QED) is 0.471. The molecule has 7 nitrogen and oxygen atoms in total. The summed E-state index contributed by atoms with van der Waals surface area (Å²) in [6.07, 6.45) is -0.266. The molecule has 0 saturated heterocycles. The maximum absolute atomic E-state index is 12.5. The first-order valence-corrected chi connectivity index (χ1v) is 8.72.